The molecule has 7 nitrogen and oxygen atoms in total. The molecule has 2 unspecified atom stereocenters. The smallest absolute Gasteiger partial charge is 0.356 e. The first kappa shape index (κ1) is 19.5. The number of methoxy groups -OCH3 is 1. The van der Waals surface area contributed by atoms with Crippen molar-refractivity contribution in [2.75, 3.05) is 7.11 Å². The van der Waals surface area contributed by atoms with Crippen molar-refractivity contribution in [3.63, 3.8) is 0 Å². The number of nitrogens with zero attached hydrogens (tertiary/aromatic N) is 2. The maximum absolute atomic E-state index is 12.4. The van der Waals surface area contributed by atoms with E-state index in [1.165, 1.54) is 11.8 Å². The van der Waals surface area contributed by atoms with Crippen molar-refractivity contribution in [3.05, 3.63) is 65.7 Å². The lowest BCUT2D eigenvalue weighted by molar-refractivity contribution is -0.181. The molecule has 0 aliphatic carbocycles. The number of esters is 1. The lowest BCUT2D eigenvalue weighted by Gasteiger charge is -2.42. The van der Waals surface area contributed by atoms with Crippen LogP contribution in [0, 0.1) is 0 Å². The van der Waals surface area contributed by atoms with E-state index in [2.05, 4.69) is 4.99 Å². The topological polar surface area (TPSA) is 88.4 Å². The minimum absolute atomic E-state index is 0.00108. The molecule has 4 rings (SSSR count). The summed E-state index contributed by atoms with van der Waals surface area (Å²) in [6.45, 7) is -0.00108. The Balaban J connectivity index is 1.32. The quantitative estimate of drug-likeness (QED) is 0.553. The van der Waals surface area contributed by atoms with E-state index in [0.717, 1.165) is 21.1 Å². The average molecular weight is 412 g/mol. The van der Waals surface area contributed by atoms with Gasteiger partial charge in [-0.1, -0.05) is 54.2 Å². The Morgan fingerprint density at radius 3 is 2.59 bits per heavy atom. The van der Waals surface area contributed by atoms with Gasteiger partial charge in [0, 0.05) is 6.42 Å². The molecule has 0 aromatic heterocycles. The molecule has 1 saturated heterocycles. The molecule has 29 heavy (non-hydrogen) atoms. The van der Waals surface area contributed by atoms with Crippen LogP contribution in [0.4, 0.5) is 0 Å². The van der Waals surface area contributed by atoms with Crippen LogP contribution in [-0.2, 0) is 27.4 Å². The van der Waals surface area contributed by atoms with Gasteiger partial charge in [-0.05, 0) is 23.3 Å². The van der Waals surface area contributed by atoms with Crippen molar-refractivity contribution < 1.29 is 24.2 Å². The number of hydrogen-bond donors (Lipinski definition) is 1. The largest absolute Gasteiger partial charge is 0.497 e. The van der Waals surface area contributed by atoms with Crippen LogP contribution in [0.15, 0.2) is 59.6 Å². The predicted molar refractivity (Wildman–Crippen MR) is 108 cm³/mol. The summed E-state index contributed by atoms with van der Waals surface area (Å²) in [5.74, 6) is -0.522. The van der Waals surface area contributed by atoms with Crippen LogP contribution >= 0.6 is 11.8 Å². The highest BCUT2D eigenvalue weighted by Gasteiger charge is 2.56. The lowest BCUT2D eigenvalue weighted by Crippen LogP contribution is -2.66. The summed E-state index contributed by atoms with van der Waals surface area (Å²) in [5.41, 5.74) is 1.85. The van der Waals surface area contributed by atoms with Gasteiger partial charge in [-0.25, -0.2) is 4.79 Å². The number of ether oxygens (including phenoxy) is 2. The predicted octanol–water partition coefficient (Wildman–Crippen LogP) is 1.98. The third kappa shape index (κ3) is 3.99. The Morgan fingerprint density at radius 2 is 1.90 bits per heavy atom. The van der Waals surface area contributed by atoms with Crippen molar-refractivity contribution in [3.8, 4) is 5.75 Å². The van der Waals surface area contributed by atoms with Gasteiger partial charge in [0.1, 0.15) is 17.7 Å². The molecular formula is C21H20N2O5S. The van der Waals surface area contributed by atoms with Crippen LogP contribution in [0.25, 0.3) is 0 Å². The van der Waals surface area contributed by atoms with E-state index in [1.807, 2.05) is 30.3 Å². The van der Waals surface area contributed by atoms with Crippen LogP contribution in [0.1, 0.15) is 11.1 Å². The van der Waals surface area contributed by atoms with Crippen molar-refractivity contribution in [2.45, 2.75) is 30.7 Å². The number of aliphatic imine (C=N–C) groups is 1. The van der Waals surface area contributed by atoms with Crippen LogP contribution in [0.2, 0.25) is 0 Å². The third-order valence-electron chi connectivity index (χ3n) is 4.80. The minimum atomic E-state index is -1.64. The summed E-state index contributed by atoms with van der Waals surface area (Å²) in [4.78, 5) is 30.2. The van der Waals surface area contributed by atoms with Crippen molar-refractivity contribution in [1.29, 1.82) is 0 Å². The van der Waals surface area contributed by atoms with Gasteiger partial charge in [0.15, 0.2) is 6.04 Å². The number of rotatable bonds is 7. The number of thioether (sulfide) groups is 1. The summed E-state index contributed by atoms with van der Waals surface area (Å²) >= 11 is 1.40. The van der Waals surface area contributed by atoms with Gasteiger partial charge in [0.2, 0.25) is 6.23 Å². The zero-order chi connectivity index (χ0) is 20.4. The van der Waals surface area contributed by atoms with Crippen molar-refractivity contribution in [1.82, 2.24) is 4.90 Å². The molecule has 0 spiro atoms. The molecule has 150 valence electrons. The Kier molecular flexibility index (Phi) is 5.55. The van der Waals surface area contributed by atoms with Gasteiger partial charge < -0.3 is 14.6 Å². The summed E-state index contributed by atoms with van der Waals surface area (Å²) < 4.78 is 10.2. The summed E-state index contributed by atoms with van der Waals surface area (Å²) in [6, 6.07) is 16.3. The lowest BCUT2D eigenvalue weighted by atomic mass is 10.1. The molecule has 0 bridgehead atoms. The SMILES string of the molecule is COc1ccc(COC(=O)C(O)N2C(=O)[C@H]3N=C(Cc4ccccc4)SC32)cc1. The molecule has 1 fully saturated rings. The number of hydrogen-bond acceptors (Lipinski definition) is 7. The first-order valence-corrected chi connectivity index (χ1v) is 10.0. The maximum Gasteiger partial charge on any atom is 0.356 e. The van der Waals surface area contributed by atoms with Crippen LogP contribution in [-0.4, -0.2) is 51.7 Å². The zero-order valence-electron chi connectivity index (χ0n) is 15.7. The Morgan fingerprint density at radius 1 is 1.17 bits per heavy atom. The molecular weight excluding hydrogens is 392 g/mol. The van der Waals surface area contributed by atoms with E-state index in [9.17, 15) is 14.7 Å². The maximum atomic E-state index is 12.4. The second-order valence-electron chi connectivity index (χ2n) is 6.71. The summed E-state index contributed by atoms with van der Waals surface area (Å²) in [7, 11) is 1.57. The molecule has 2 aromatic carbocycles. The van der Waals surface area contributed by atoms with Gasteiger partial charge in [0.05, 0.1) is 12.2 Å². The molecule has 3 atom stereocenters. The van der Waals surface area contributed by atoms with E-state index in [4.69, 9.17) is 9.47 Å². The monoisotopic (exact) mass is 412 g/mol. The van der Waals surface area contributed by atoms with E-state index in [-0.39, 0.29) is 17.9 Å². The van der Waals surface area contributed by atoms with Crippen molar-refractivity contribution in [2.24, 2.45) is 4.99 Å². The molecule has 2 aliphatic rings. The third-order valence-corrected chi connectivity index (χ3v) is 6.05. The number of aliphatic hydroxyl groups excluding tert-OH is 1. The molecule has 2 aliphatic heterocycles. The molecule has 2 heterocycles. The van der Waals surface area contributed by atoms with Gasteiger partial charge in [0.25, 0.3) is 5.91 Å². The number of carbonyl (C=O) groups excluding carboxylic acids is 2. The highest BCUT2D eigenvalue weighted by Crippen LogP contribution is 2.40. The van der Waals surface area contributed by atoms with Gasteiger partial charge in [-0.15, -0.1) is 0 Å². The summed E-state index contributed by atoms with van der Waals surface area (Å²) in [5, 5.41) is 10.8. The fraction of sp³-hybridized carbons (Fsp3) is 0.286. The Labute approximate surface area is 172 Å². The number of likely N-dealkylation sites (tertiary alicyclic amines) is 1. The number of fused-ring (bicyclic) bond motifs is 1. The standard InChI is InChI=1S/C21H20N2O5S/c1-27-15-9-7-14(8-10-15)12-28-21(26)19(25)23-18(24)17-20(23)29-16(22-17)11-13-5-3-2-4-6-13/h2-10,17,19-20,25H,11-12H2,1H3/t17-,19?,20?/m1/s1. The average Bonchev–Trinajstić information content (AvgIpc) is 3.11. The molecule has 8 heteroatoms. The Bertz CT molecular complexity index is 932. The molecule has 2 aromatic rings. The molecule has 0 saturated carbocycles. The molecule has 1 N–H and O–H groups in total. The number of aliphatic hydroxyl groups is 1. The van der Waals surface area contributed by atoms with E-state index < -0.39 is 18.2 Å². The first-order valence-electron chi connectivity index (χ1n) is 9.14. The summed E-state index contributed by atoms with van der Waals surface area (Å²) in [6.07, 6.45) is -1.02. The van der Waals surface area contributed by atoms with E-state index in [1.54, 1.807) is 31.4 Å². The normalized spacial score (nSPS) is 21.1. The number of benzene rings is 2. The number of carbonyl (C=O) groups is 2. The van der Waals surface area contributed by atoms with E-state index in [0.29, 0.717) is 12.2 Å². The second-order valence-corrected chi connectivity index (χ2v) is 7.90. The molecule has 0 radical (unpaired) electrons. The van der Waals surface area contributed by atoms with Gasteiger partial charge in [-0.3, -0.25) is 14.7 Å². The van der Waals surface area contributed by atoms with Gasteiger partial charge >= 0.3 is 5.97 Å². The van der Waals surface area contributed by atoms with Crippen LogP contribution in [0.3, 0.4) is 0 Å². The fourth-order valence-corrected chi connectivity index (χ4v) is 4.56. The van der Waals surface area contributed by atoms with Crippen molar-refractivity contribution >= 4 is 28.7 Å². The van der Waals surface area contributed by atoms with E-state index >= 15 is 0 Å². The highest BCUT2D eigenvalue weighted by atomic mass is 32.2. The molecule has 1 amide bonds. The van der Waals surface area contributed by atoms with Gasteiger partial charge in [-0.2, -0.15) is 0 Å². The fourth-order valence-electron chi connectivity index (χ4n) is 3.22. The first-order chi connectivity index (χ1) is 14.1. The highest BCUT2D eigenvalue weighted by molar-refractivity contribution is 8.14. The second kappa shape index (κ2) is 8.26. The minimum Gasteiger partial charge on any atom is -0.497 e. The zero-order valence-corrected chi connectivity index (χ0v) is 16.5. The van der Waals surface area contributed by atoms with Crippen LogP contribution in [0.5, 0.6) is 5.75 Å². The Hall–Kier alpha value is -2.84. The number of amides is 1. The number of β-lactam (4-membered cyclic amide) rings is 1. The van der Waals surface area contributed by atoms with Crippen LogP contribution < -0.4 is 4.74 Å².